The molecule has 94 valence electrons. The zero-order valence-electron chi connectivity index (χ0n) is 10.7. The second-order valence-electron chi connectivity index (χ2n) is 4.60. The monoisotopic (exact) mass is 235 g/mol. The first-order valence-electron chi connectivity index (χ1n) is 5.96. The molecule has 4 nitrogen and oxygen atoms in total. The Morgan fingerprint density at radius 3 is 2.41 bits per heavy atom. The molecule has 0 fully saturated rings. The van der Waals surface area contributed by atoms with Gasteiger partial charge in [-0.3, -0.25) is 9.78 Å². The Labute approximate surface area is 103 Å². The maximum Gasteiger partial charge on any atom is 0.225 e. The van der Waals surface area contributed by atoms with Crippen molar-refractivity contribution in [2.45, 2.75) is 26.8 Å². The number of nitrogens with one attached hydrogen (secondary N) is 1. The van der Waals surface area contributed by atoms with Crippen LogP contribution in [-0.4, -0.2) is 17.4 Å². The van der Waals surface area contributed by atoms with Crippen LogP contribution in [-0.2, 0) is 4.79 Å². The fraction of sp³-hybridized carbons (Fsp3) is 0.538. The van der Waals surface area contributed by atoms with Crippen LogP contribution in [0, 0.1) is 11.8 Å². The second-order valence-corrected chi connectivity index (χ2v) is 4.60. The number of carbonyl (C=O) groups is 1. The number of nitrogens with zero attached hydrogens (tertiary/aromatic N) is 1. The Balaban J connectivity index is 2.63. The maximum absolute atomic E-state index is 12.0. The molecule has 1 amide bonds. The Morgan fingerprint density at radius 1 is 1.35 bits per heavy atom. The van der Waals surface area contributed by atoms with Crippen LogP contribution in [0.1, 0.15) is 32.4 Å². The van der Waals surface area contributed by atoms with Gasteiger partial charge in [-0.1, -0.05) is 13.8 Å². The first-order chi connectivity index (χ1) is 8.06. The van der Waals surface area contributed by atoms with E-state index in [2.05, 4.69) is 10.3 Å². The van der Waals surface area contributed by atoms with Crippen molar-refractivity contribution in [3.8, 4) is 0 Å². The highest BCUT2D eigenvalue weighted by Crippen LogP contribution is 2.14. The van der Waals surface area contributed by atoms with Crippen molar-refractivity contribution in [3.05, 3.63) is 30.1 Å². The zero-order chi connectivity index (χ0) is 12.8. The summed E-state index contributed by atoms with van der Waals surface area (Å²) in [4.78, 5) is 15.9. The molecule has 0 saturated heterocycles. The van der Waals surface area contributed by atoms with Crippen molar-refractivity contribution in [2.24, 2.45) is 17.6 Å². The molecule has 1 aromatic rings. The van der Waals surface area contributed by atoms with E-state index in [1.807, 2.05) is 32.9 Å². The van der Waals surface area contributed by atoms with Crippen LogP contribution in [0.3, 0.4) is 0 Å². The van der Waals surface area contributed by atoms with Gasteiger partial charge >= 0.3 is 0 Å². The summed E-state index contributed by atoms with van der Waals surface area (Å²) >= 11 is 0. The van der Waals surface area contributed by atoms with Crippen molar-refractivity contribution < 1.29 is 4.79 Å². The summed E-state index contributed by atoms with van der Waals surface area (Å²) < 4.78 is 0. The van der Waals surface area contributed by atoms with Gasteiger partial charge in [0.1, 0.15) is 0 Å². The summed E-state index contributed by atoms with van der Waals surface area (Å²) in [5.74, 6) is 0.149. The van der Waals surface area contributed by atoms with Gasteiger partial charge in [-0.05, 0) is 30.5 Å². The predicted molar refractivity (Wildman–Crippen MR) is 68.2 cm³/mol. The van der Waals surface area contributed by atoms with Gasteiger partial charge in [-0.2, -0.15) is 0 Å². The van der Waals surface area contributed by atoms with Gasteiger partial charge in [0.25, 0.3) is 0 Å². The van der Waals surface area contributed by atoms with Crippen LogP contribution in [0.4, 0.5) is 0 Å². The van der Waals surface area contributed by atoms with Gasteiger partial charge in [0.2, 0.25) is 5.91 Å². The number of carbonyl (C=O) groups excluding carboxylic acids is 1. The molecule has 0 spiro atoms. The number of pyridine rings is 1. The molecule has 1 aromatic heterocycles. The van der Waals surface area contributed by atoms with Gasteiger partial charge in [0.15, 0.2) is 0 Å². The molecule has 0 aromatic carbocycles. The zero-order valence-corrected chi connectivity index (χ0v) is 10.7. The van der Waals surface area contributed by atoms with E-state index in [1.54, 1.807) is 12.4 Å². The van der Waals surface area contributed by atoms with E-state index in [0.29, 0.717) is 6.54 Å². The van der Waals surface area contributed by atoms with Crippen LogP contribution in [0.2, 0.25) is 0 Å². The third-order valence-electron chi connectivity index (χ3n) is 2.96. The maximum atomic E-state index is 12.0. The van der Waals surface area contributed by atoms with Crippen LogP contribution >= 0.6 is 0 Å². The lowest BCUT2D eigenvalue weighted by Crippen LogP contribution is -2.39. The van der Waals surface area contributed by atoms with Crippen molar-refractivity contribution >= 4 is 5.91 Å². The topological polar surface area (TPSA) is 68.0 Å². The average Bonchev–Trinajstić information content (AvgIpc) is 2.30. The molecular weight excluding hydrogens is 214 g/mol. The number of hydrogen-bond acceptors (Lipinski definition) is 3. The summed E-state index contributed by atoms with van der Waals surface area (Å²) in [6.45, 7) is 6.36. The molecule has 2 atom stereocenters. The fourth-order valence-electron chi connectivity index (χ4n) is 1.74. The van der Waals surface area contributed by atoms with E-state index in [4.69, 9.17) is 5.73 Å². The number of hydrogen-bond donors (Lipinski definition) is 2. The minimum atomic E-state index is -0.126. The highest BCUT2D eigenvalue weighted by molar-refractivity contribution is 5.79. The van der Waals surface area contributed by atoms with Gasteiger partial charge in [0.05, 0.1) is 12.0 Å². The predicted octanol–water partition coefficient (Wildman–Crippen LogP) is 1.49. The van der Waals surface area contributed by atoms with Crippen molar-refractivity contribution in [1.29, 1.82) is 0 Å². The summed E-state index contributed by atoms with van der Waals surface area (Å²) in [7, 11) is 0. The number of rotatable bonds is 5. The number of amides is 1. The van der Waals surface area contributed by atoms with Crippen LogP contribution in [0.25, 0.3) is 0 Å². The average molecular weight is 235 g/mol. The molecule has 1 unspecified atom stereocenters. The third kappa shape index (κ3) is 3.82. The summed E-state index contributed by atoms with van der Waals surface area (Å²) in [6.07, 6.45) is 3.45. The Bertz CT molecular complexity index is 351. The van der Waals surface area contributed by atoms with Crippen LogP contribution in [0.5, 0.6) is 0 Å². The van der Waals surface area contributed by atoms with E-state index >= 15 is 0 Å². The third-order valence-corrected chi connectivity index (χ3v) is 2.96. The first kappa shape index (κ1) is 13.6. The number of aromatic nitrogens is 1. The second kappa shape index (κ2) is 6.35. The van der Waals surface area contributed by atoms with Gasteiger partial charge < -0.3 is 11.1 Å². The molecule has 0 aliphatic rings. The highest BCUT2D eigenvalue weighted by Gasteiger charge is 2.21. The fourth-order valence-corrected chi connectivity index (χ4v) is 1.74. The number of nitrogens with two attached hydrogens (primary N) is 1. The molecule has 17 heavy (non-hydrogen) atoms. The Morgan fingerprint density at radius 2 is 1.94 bits per heavy atom. The molecule has 0 saturated carbocycles. The Kier molecular flexibility index (Phi) is 5.10. The minimum absolute atomic E-state index is 0.0155. The van der Waals surface area contributed by atoms with E-state index in [0.717, 1.165) is 5.56 Å². The first-order valence-corrected chi connectivity index (χ1v) is 5.96. The molecular formula is C13H21N3O. The molecule has 3 N–H and O–H groups in total. The van der Waals surface area contributed by atoms with Crippen molar-refractivity contribution in [2.75, 3.05) is 6.54 Å². The summed E-state index contributed by atoms with van der Waals surface area (Å²) in [5.41, 5.74) is 6.67. The van der Waals surface area contributed by atoms with E-state index in [-0.39, 0.29) is 23.8 Å². The van der Waals surface area contributed by atoms with Crippen LogP contribution in [0.15, 0.2) is 24.5 Å². The summed E-state index contributed by atoms with van der Waals surface area (Å²) in [6, 6.07) is 3.79. The highest BCUT2D eigenvalue weighted by atomic mass is 16.2. The van der Waals surface area contributed by atoms with E-state index in [9.17, 15) is 4.79 Å². The lowest BCUT2D eigenvalue weighted by Gasteiger charge is -2.21. The van der Waals surface area contributed by atoms with Gasteiger partial charge in [-0.15, -0.1) is 0 Å². The van der Waals surface area contributed by atoms with E-state index < -0.39 is 0 Å². The van der Waals surface area contributed by atoms with Gasteiger partial charge in [0, 0.05) is 18.9 Å². The molecule has 0 radical (unpaired) electrons. The Hall–Kier alpha value is -1.42. The van der Waals surface area contributed by atoms with E-state index in [1.165, 1.54) is 0 Å². The largest absolute Gasteiger partial charge is 0.349 e. The molecule has 0 aliphatic heterocycles. The molecule has 1 rings (SSSR count). The minimum Gasteiger partial charge on any atom is -0.349 e. The smallest absolute Gasteiger partial charge is 0.225 e. The quantitative estimate of drug-likeness (QED) is 0.812. The lowest BCUT2D eigenvalue weighted by molar-refractivity contribution is -0.126. The lowest BCUT2D eigenvalue weighted by atomic mass is 9.94. The standard InChI is InChI=1S/C13H21N3O/c1-9(2)12(8-14)13(17)16-10(3)11-4-6-15-7-5-11/h4-7,9-10,12H,8,14H2,1-3H3,(H,16,17)/t10-,12?/m0/s1. The molecule has 0 bridgehead atoms. The van der Waals surface area contributed by atoms with Crippen molar-refractivity contribution in [3.63, 3.8) is 0 Å². The van der Waals surface area contributed by atoms with Crippen LogP contribution < -0.4 is 11.1 Å². The molecule has 4 heteroatoms. The van der Waals surface area contributed by atoms with Gasteiger partial charge in [-0.25, -0.2) is 0 Å². The SMILES string of the molecule is CC(C)C(CN)C(=O)N[C@@H](C)c1ccncc1. The summed E-state index contributed by atoms with van der Waals surface area (Å²) in [5, 5.41) is 2.98. The van der Waals surface area contributed by atoms with Crippen molar-refractivity contribution in [1.82, 2.24) is 10.3 Å². The molecule has 0 aliphatic carbocycles. The normalized spacial score (nSPS) is 14.4. The molecule has 1 heterocycles.